The van der Waals surface area contributed by atoms with Crippen molar-refractivity contribution < 1.29 is 14.7 Å². The van der Waals surface area contributed by atoms with E-state index in [1.807, 2.05) is 0 Å². The van der Waals surface area contributed by atoms with E-state index in [1.54, 1.807) is 11.8 Å². The van der Waals surface area contributed by atoms with Gasteiger partial charge in [0.05, 0.1) is 6.10 Å². The molecule has 2 atom stereocenters. The lowest BCUT2D eigenvalue weighted by Crippen LogP contribution is -2.45. The van der Waals surface area contributed by atoms with Crippen molar-refractivity contribution in [3.05, 3.63) is 0 Å². The Kier molecular flexibility index (Phi) is 3.46. The monoisotopic (exact) mass is 200 g/mol. The van der Waals surface area contributed by atoms with Crippen molar-refractivity contribution in [1.82, 2.24) is 10.2 Å². The number of likely N-dealkylation sites (tertiary alicyclic amines) is 1. The van der Waals surface area contributed by atoms with Crippen molar-refractivity contribution in [2.45, 2.75) is 32.4 Å². The van der Waals surface area contributed by atoms with Crippen LogP contribution in [0.15, 0.2) is 0 Å². The Labute approximate surface area is 83.1 Å². The molecule has 1 unspecified atom stereocenters. The smallest absolute Gasteiger partial charge is 0.244 e. The van der Waals surface area contributed by atoms with Crippen LogP contribution in [0.25, 0.3) is 0 Å². The van der Waals surface area contributed by atoms with Gasteiger partial charge in [0.25, 0.3) is 0 Å². The second kappa shape index (κ2) is 4.41. The zero-order valence-electron chi connectivity index (χ0n) is 8.49. The highest BCUT2D eigenvalue weighted by molar-refractivity contribution is 5.86. The van der Waals surface area contributed by atoms with E-state index in [0.29, 0.717) is 19.5 Å². The van der Waals surface area contributed by atoms with Gasteiger partial charge >= 0.3 is 0 Å². The minimum absolute atomic E-state index is 0.128. The molecule has 1 saturated heterocycles. The van der Waals surface area contributed by atoms with E-state index >= 15 is 0 Å². The Bertz CT molecular complexity index is 242. The molecule has 5 nitrogen and oxygen atoms in total. The van der Waals surface area contributed by atoms with Gasteiger partial charge in [-0.2, -0.15) is 0 Å². The van der Waals surface area contributed by atoms with E-state index in [9.17, 15) is 14.7 Å². The predicted octanol–water partition coefficient (Wildman–Crippen LogP) is -0.896. The van der Waals surface area contributed by atoms with Crippen LogP contribution in [0, 0.1) is 0 Å². The largest absolute Gasteiger partial charge is 0.391 e. The third-order valence-corrected chi connectivity index (χ3v) is 2.27. The summed E-state index contributed by atoms with van der Waals surface area (Å²) >= 11 is 0. The number of rotatable bonds is 2. The first-order valence-electron chi connectivity index (χ1n) is 4.74. The number of carbonyl (C=O) groups excluding carboxylic acids is 2. The number of aliphatic hydroxyl groups excluding tert-OH is 1. The molecule has 0 spiro atoms. The van der Waals surface area contributed by atoms with Crippen LogP contribution in [0.3, 0.4) is 0 Å². The summed E-state index contributed by atoms with van der Waals surface area (Å²) in [4.78, 5) is 23.9. The average Bonchev–Trinajstić information content (AvgIpc) is 2.49. The zero-order valence-corrected chi connectivity index (χ0v) is 8.49. The van der Waals surface area contributed by atoms with E-state index in [0.717, 1.165) is 0 Å². The van der Waals surface area contributed by atoms with Crippen molar-refractivity contribution in [2.75, 3.05) is 13.1 Å². The fourth-order valence-electron chi connectivity index (χ4n) is 1.58. The van der Waals surface area contributed by atoms with E-state index in [-0.39, 0.29) is 11.8 Å². The Balaban J connectivity index is 2.44. The Morgan fingerprint density at radius 1 is 1.57 bits per heavy atom. The molecule has 0 aromatic heterocycles. The summed E-state index contributed by atoms with van der Waals surface area (Å²) in [7, 11) is 0. The Hall–Kier alpha value is -1.10. The van der Waals surface area contributed by atoms with Gasteiger partial charge in [-0.3, -0.25) is 9.59 Å². The van der Waals surface area contributed by atoms with Gasteiger partial charge in [0.1, 0.15) is 6.04 Å². The van der Waals surface area contributed by atoms with Crippen molar-refractivity contribution in [1.29, 1.82) is 0 Å². The normalized spacial score (nSPS) is 23.4. The quantitative estimate of drug-likeness (QED) is 0.607. The van der Waals surface area contributed by atoms with Crippen LogP contribution in [-0.4, -0.2) is 47.1 Å². The van der Waals surface area contributed by atoms with Gasteiger partial charge < -0.3 is 15.3 Å². The molecule has 1 aliphatic heterocycles. The molecule has 80 valence electrons. The van der Waals surface area contributed by atoms with Crippen LogP contribution < -0.4 is 5.32 Å². The van der Waals surface area contributed by atoms with E-state index < -0.39 is 12.1 Å². The molecule has 5 heteroatoms. The molecule has 1 fully saturated rings. The Morgan fingerprint density at radius 2 is 2.21 bits per heavy atom. The minimum atomic E-state index is -0.502. The fraction of sp³-hybridized carbons (Fsp3) is 0.778. The topological polar surface area (TPSA) is 69.6 Å². The molecule has 14 heavy (non-hydrogen) atoms. The van der Waals surface area contributed by atoms with Gasteiger partial charge in [-0.1, -0.05) is 0 Å². The van der Waals surface area contributed by atoms with Crippen molar-refractivity contribution in [3.8, 4) is 0 Å². The molecule has 0 aromatic carbocycles. The van der Waals surface area contributed by atoms with Crippen LogP contribution in [0.4, 0.5) is 0 Å². The van der Waals surface area contributed by atoms with Crippen LogP contribution in [0.2, 0.25) is 0 Å². The summed E-state index contributed by atoms with van der Waals surface area (Å²) in [6.07, 6.45) is 0.210. The van der Waals surface area contributed by atoms with E-state index in [4.69, 9.17) is 0 Å². The fourth-order valence-corrected chi connectivity index (χ4v) is 1.58. The van der Waals surface area contributed by atoms with Gasteiger partial charge in [0, 0.05) is 20.0 Å². The molecule has 2 N–H and O–H groups in total. The molecule has 1 aliphatic rings. The molecular formula is C9H16N2O3. The van der Waals surface area contributed by atoms with Crippen molar-refractivity contribution in [2.24, 2.45) is 0 Å². The number of aliphatic hydroxyl groups is 1. The standard InChI is InChI=1S/C9H16N2O3/c1-6(10-7(2)12)9(14)11-4-3-8(13)5-11/h6,8,13H,3-5H2,1-2H3,(H,10,12)/t6?,8-/m0/s1. The molecule has 0 bridgehead atoms. The number of β-amino-alcohol motifs (C(OH)–C–C–N with tert-alkyl or cyclic N) is 1. The SMILES string of the molecule is CC(=O)NC(C)C(=O)N1CC[C@H](O)C1. The lowest BCUT2D eigenvalue weighted by Gasteiger charge is -2.20. The van der Waals surface area contributed by atoms with Gasteiger partial charge in [-0.25, -0.2) is 0 Å². The lowest BCUT2D eigenvalue weighted by molar-refractivity contribution is -0.134. The van der Waals surface area contributed by atoms with Gasteiger partial charge in [-0.15, -0.1) is 0 Å². The molecule has 0 aliphatic carbocycles. The number of hydrogen-bond donors (Lipinski definition) is 2. The van der Waals surface area contributed by atoms with Gasteiger partial charge in [0.2, 0.25) is 11.8 Å². The third-order valence-electron chi connectivity index (χ3n) is 2.27. The van der Waals surface area contributed by atoms with Crippen LogP contribution in [0.5, 0.6) is 0 Å². The van der Waals surface area contributed by atoms with E-state index in [2.05, 4.69) is 5.32 Å². The Morgan fingerprint density at radius 3 is 2.64 bits per heavy atom. The molecule has 2 amide bonds. The second-order valence-corrected chi connectivity index (χ2v) is 3.65. The molecule has 0 aromatic rings. The van der Waals surface area contributed by atoms with Gasteiger partial charge in [0.15, 0.2) is 0 Å². The number of nitrogens with one attached hydrogen (secondary N) is 1. The summed E-state index contributed by atoms with van der Waals surface area (Å²) in [5, 5.41) is 11.8. The number of carbonyl (C=O) groups is 2. The summed E-state index contributed by atoms with van der Waals surface area (Å²) in [6, 6.07) is -0.502. The molecule has 0 saturated carbocycles. The van der Waals surface area contributed by atoms with Crippen LogP contribution in [0.1, 0.15) is 20.3 Å². The highest BCUT2D eigenvalue weighted by Gasteiger charge is 2.27. The third kappa shape index (κ3) is 2.70. The summed E-state index contributed by atoms with van der Waals surface area (Å²) in [5.74, 6) is -0.345. The minimum Gasteiger partial charge on any atom is -0.391 e. The van der Waals surface area contributed by atoms with E-state index in [1.165, 1.54) is 6.92 Å². The molecule has 1 rings (SSSR count). The molecular weight excluding hydrogens is 184 g/mol. The van der Waals surface area contributed by atoms with Crippen molar-refractivity contribution in [3.63, 3.8) is 0 Å². The number of hydrogen-bond acceptors (Lipinski definition) is 3. The van der Waals surface area contributed by atoms with Crippen molar-refractivity contribution >= 4 is 11.8 Å². The summed E-state index contributed by atoms with van der Waals surface area (Å²) in [5.41, 5.74) is 0. The van der Waals surface area contributed by atoms with Crippen LogP contribution >= 0.6 is 0 Å². The summed E-state index contributed by atoms with van der Waals surface area (Å²) in [6.45, 7) is 3.98. The lowest BCUT2D eigenvalue weighted by atomic mass is 10.3. The average molecular weight is 200 g/mol. The predicted molar refractivity (Wildman–Crippen MR) is 50.5 cm³/mol. The highest BCUT2D eigenvalue weighted by Crippen LogP contribution is 2.09. The first-order valence-corrected chi connectivity index (χ1v) is 4.74. The molecule has 1 heterocycles. The number of nitrogens with zero attached hydrogens (tertiary/aromatic N) is 1. The zero-order chi connectivity index (χ0) is 10.7. The van der Waals surface area contributed by atoms with Gasteiger partial charge in [-0.05, 0) is 13.3 Å². The van der Waals surface area contributed by atoms with Crippen LogP contribution in [-0.2, 0) is 9.59 Å². The maximum atomic E-state index is 11.6. The maximum Gasteiger partial charge on any atom is 0.244 e. The number of amides is 2. The highest BCUT2D eigenvalue weighted by atomic mass is 16.3. The first kappa shape index (κ1) is 11.0. The summed E-state index contributed by atoms with van der Waals surface area (Å²) < 4.78 is 0. The maximum absolute atomic E-state index is 11.6. The molecule has 0 radical (unpaired) electrons. The second-order valence-electron chi connectivity index (χ2n) is 3.65. The first-order chi connectivity index (χ1) is 6.50.